The summed E-state index contributed by atoms with van der Waals surface area (Å²) in [5, 5.41) is 6.95. The van der Waals surface area contributed by atoms with Gasteiger partial charge < -0.3 is 15.0 Å². The fourth-order valence-electron chi connectivity index (χ4n) is 6.06. The number of hydrogen-bond donors (Lipinski definition) is 1. The zero-order valence-corrected chi connectivity index (χ0v) is 27.8. The Balaban J connectivity index is 0.000000223. The molecule has 264 valence electrons. The number of alkyl halides is 6. The number of piperidine rings is 1. The number of amides is 1. The van der Waals surface area contributed by atoms with Gasteiger partial charge in [-0.1, -0.05) is 48.5 Å². The molecule has 1 saturated heterocycles. The Labute approximate surface area is 281 Å². The Hall–Kier alpha value is -4.23. The van der Waals surface area contributed by atoms with Crippen LogP contribution in [0.5, 0.6) is 0 Å². The molecule has 0 radical (unpaired) electrons. The normalized spacial score (nSPS) is 15.2. The van der Waals surface area contributed by atoms with Crippen molar-refractivity contribution in [3.8, 4) is 11.1 Å². The molecule has 1 fully saturated rings. The molecule has 0 bridgehead atoms. The van der Waals surface area contributed by atoms with Gasteiger partial charge in [0, 0.05) is 24.3 Å². The standard InChI is InChI=1S/C24H24N2.C12H16F6N2O3/c1-17-6-4-8-21-20(17)7-5-9-22(21)23-15-18(11-13-26(2)3)14-19-10-12-25-16-24(19)23;1-23-8(21)6-19-9(22)10(12(16,17)18)2-4-20(5-3-10)7-11(13,14)15/h4-10,12,14-16H,11,13H2,1-3H3;2-7H2,1H3,(H,19,22). The molecule has 0 saturated carbocycles. The number of fused-ring (bicyclic) bond motifs is 2. The van der Waals surface area contributed by atoms with Gasteiger partial charge in [-0.15, -0.1) is 0 Å². The fourth-order valence-corrected chi connectivity index (χ4v) is 6.06. The minimum atomic E-state index is -4.93. The molecule has 0 atom stereocenters. The van der Waals surface area contributed by atoms with Crippen molar-refractivity contribution in [1.82, 2.24) is 20.1 Å². The van der Waals surface area contributed by atoms with Crippen molar-refractivity contribution in [1.29, 1.82) is 0 Å². The Kier molecular flexibility index (Phi) is 11.9. The summed E-state index contributed by atoms with van der Waals surface area (Å²) in [5.41, 5.74) is 2.45. The number of aryl methyl sites for hydroxylation is 1. The average molecular weight is 691 g/mol. The number of pyridine rings is 1. The van der Waals surface area contributed by atoms with Gasteiger partial charge in [0.05, 0.1) is 13.7 Å². The van der Waals surface area contributed by atoms with Crippen molar-refractivity contribution in [2.75, 3.05) is 53.9 Å². The summed E-state index contributed by atoms with van der Waals surface area (Å²) in [6, 6.07) is 20.0. The number of rotatable bonds is 8. The Morgan fingerprint density at radius 1 is 0.939 bits per heavy atom. The second-order valence-electron chi connectivity index (χ2n) is 12.5. The molecule has 1 N–H and O–H groups in total. The van der Waals surface area contributed by atoms with E-state index in [0.717, 1.165) is 25.0 Å². The first-order valence-electron chi connectivity index (χ1n) is 15.8. The van der Waals surface area contributed by atoms with Gasteiger partial charge in [0.2, 0.25) is 5.91 Å². The summed E-state index contributed by atoms with van der Waals surface area (Å²) in [4.78, 5) is 30.3. The molecule has 2 heterocycles. The lowest BCUT2D eigenvalue weighted by Gasteiger charge is -2.41. The summed E-state index contributed by atoms with van der Waals surface area (Å²) in [6.07, 6.45) is -6.14. The molecular weight excluding hydrogens is 650 g/mol. The number of carbonyl (C=O) groups excluding carboxylic acids is 2. The van der Waals surface area contributed by atoms with Gasteiger partial charge in [-0.2, -0.15) is 26.3 Å². The number of benzene rings is 3. The molecule has 1 aromatic heterocycles. The van der Waals surface area contributed by atoms with Gasteiger partial charge in [-0.05, 0) is 97.8 Å². The third kappa shape index (κ3) is 9.27. The van der Waals surface area contributed by atoms with E-state index in [4.69, 9.17) is 0 Å². The number of hydrogen-bond acceptors (Lipinski definition) is 6. The lowest BCUT2D eigenvalue weighted by Crippen LogP contribution is -2.57. The molecule has 5 rings (SSSR count). The zero-order chi connectivity index (χ0) is 36.0. The largest absolute Gasteiger partial charge is 0.468 e. The predicted octanol–water partition coefficient (Wildman–Crippen LogP) is 6.95. The van der Waals surface area contributed by atoms with E-state index < -0.39 is 68.7 Å². The summed E-state index contributed by atoms with van der Waals surface area (Å²) in [7, 11) is 5.25. The van der Waals surface area contributed by atoms with E-state index in [-0.39, 0.29) is 0 Å². The van der Waals surface area contributed by atoms with E-state index >= 15 is 0 Å². The number of esters is 1. The van der Waals surface area contributed by atoms with Crippen molar-refractivity contribution < 1.29 is 40.7 Å². The smallest absolute Gasteiger partial charge is 0.403 e. The van der Waals surface area contributed by atoms with E-state index in [2.05, 4.69) is 90.2 Å². The van der Waals surface area contributed by atoms with Gasteiger partial charge in [-0.25, -0.2) is 0 Å². The highest BCUT2D eigenvalue weighted by atomic mass is 19.4. The zero-order valence-electron chi connectivity index (χ0n) is 27.8. The maximum absolute atomic E-state index is 13.3. The van der Waals surface area contributed by atoms with Gasteiger partial charge in [0.1, 0.15) is 12.0 Å². The number of methoxy groups -OCH3 is 1. The van der Waals surface area contributed by atoms with Crippen molar-refractivity contribution in [2.45, 2.75) is 38.5 Å². The van der Waals surface area contributed by atoms with E-state index in [0.29, 0.717) is 0 Å². The molecule has 7 nitrogen and oxygen atoms in total. The maximum atomic E-state index is 13.3. The Morgan fingerprint density at radius 3 is 2.24 bits per heavy atom. The number of likely N-dealkylation sites (N-methyl/N-ethyl adjacent to an activating group) is 1. The van der Waals surface area contributed by atoms with Crippen LogP contribution in [0.25, 0.3) is 32.7 Å². The first-order chi connectivity index (χ1) is 23.0. The molecule has 49 heavy (non-hydrogen) atoms. The first kappa shape index (κ1) is 37.6. The Morgan fingerprint density at radius 2 is 1.61 bits per heavy atom. The van der Waals surface area contributed by atoms with Crippen LogP contribution in [0.15, 0.2) is 67.0 Å². The topological polar surface area (TPSA) is 74.8 Å². The second-order valence-corrected chi connectivity index (χ2v) is 12.5. The molecule has 0 spiro atoms. The molecule has 1 aliphatic heterocycles. The van der Waals surface area contributed by atoms with Crippen molar-refractivity contribution in [3.63, 3.8) is 0 Å². The molecule has 1 aliphatic rings. The summed E-state index contributed by atoms with van der Waals surface area (Å²) >= 11 is 0. The number of nitrogens with zero attached hydrogens (tertiary/aromatic N) is 3. The van der Waals surface area contributed by atoms with Gasteiger partial charge in [0.25, 0.3) is 0 Å². The molecular formula is C36H40F6N4O3. The number of ether oxygens (including phenoxy) is 1. The maximum Gasteiger partial charge on any atom is 0.403 e. The van der Waals surface area contributed by atoms with Crippen molar-refractivity contribution in [3.05, 3.63) is 78.1 Å². The van der Waals surface area contributed by atoms with Crippen LogP contribution >= 0.6 is 0 Å². The minimum Gasteiger partial charge on any atom is -0.468 e. The highest BCUT2D eigenvalue weighted by Crippen LogP contribution is 2.47. The van der Waals surface area contributed by atoms with Crippen LogP contribution in [0, 0.1) is 12.3 Å². The molecule has 3 aromatic carbocycles. The molecule has 13 heteroatoms. The van der Waals surface area contributed by atoms with Crippen LogP contribution in [-0.2, 0) is 20.7 Å². The van der Waals surface area contributed by atoms with Crippen LogP contribution < -0.4 is 5.32 Å². The number of nitrogens with one attached hydrogen (secondary N) is 1. The van der Waals surface area contributed by atoms with E-state index in [9.17, 15) is 35.9 Å². The Bertz CT molecular complexity index is 1770. The minimum absolute atomic E-state index is 0.523. The lowest BCUT2D eigenvalue weighted by atomic mass is 9.76. The van der Waals surface area contributed by atoms with Gasteiger partial charge in [0.15, 0.2) is 0 Å². The van der Waals surface area contributed by atoms with E-state index in [1.807, 2.05) is 17.7 Å². The predicted molar refractivity (Wildman–Crippen MR) is 177 cm³/mol. The lowest BCUT2D eigenvalue weighted by molar-refractivity contribution is -0.236. The first-order valence-corrected chi connectivity index (χ1v) is 15.8. The number of likely N-dealkylation sites (tertiary alicyclic amines) is 1. The van der Waals surface area contributed by atoms with Crippen LogP contribution in [0.3, 0.4) is 0 Å². The number of aromatic nitrogens is 1. The molecule has 1 amide bonds. The SMILES string of the molecule is COC(=O)CNC(=O)C1(C(F)(F)F)CCN(CC(F)(F)F)CC1.Cc1cccc2c(-c3cc(CCN(C)C)cc4ccncc34)cccc12. The summed E-state index contributed by atoms with van der Waals surface area (Å²) < 4.78 is 80.9. The monoisotopic (exact) mass is 690 g/mol. The molecule has 0 unspecified atom stereocenters. The average Bonchev–Trinajstić information content (AvgIpc) is 3.05. The molecule has 0 aliphatic carbocycles. The van der Waals surface area contributed by atoms with E-state index in [1.54, 1.807) is 0 Å². The van der Waals surface area contributed by atoms with Crippen LogP contribution in [0.4, 0.5) is 26.3 Å². The highest BCUT2D eigenvalue weighted by Gasteiger charge is 2.61. The number of carbonyl (C=O) groups is 2. The van der Waals surface area contributed by atoms with Gasteiger partial charge in [-0.3, -0.25) is 19.5 Å². The van der Waals surface area contributed by atoms with Crippen LogP contribution in [-0.4, -0.2) is 92.9 Å². The van der Waals surface area contributed by atoms with Crippen molar-refractivity contribution in [2.24, 2.45) is 5.41 Å². The third-order valence-electron chi connectivity index (χ3n) is 8.80. The summed E-state index contributed by atoms with van der Waals surface area (Å²) in [6.45, 7) is 0.115. The third-order valence-corrected chi connectivity index (χ3v) is 8.80. The molecule has 4 aromatic rings. The van der Waals surface area contributed by atoms with E-state index in [1.165, 1.54) is 43.8 Å². The quantitative estimate of drug-likeness (QED) is 0.159. The fraction of sp³-hybridized carbons (Fsp3) is 0.417. The highest BCUT2D eigenvalue weighted by molar-refractivity contribution is 6.06. The van der Waals surface area contributed by atoms with Crippen LogP contribution in [0.1, 0.15) is 24.0 Å². The summed E-state index contributed by atoms with van der Waals surface area (Å²) in [5.74, 6) is -2.35. The van der Waals surface area contributed by atoms with Crippen molar-refractivity contribution >= 4 is 33.4 Å². The van der Waals surface area contributed by atoms with Crippen LogP contribution in [0.2, 0.25) is 0 Å². The number of halogens is 6. The second kappa shape index (κ2) is 15.5. The van der Waals surface area contributed by atoms with Gasteiger partial charge >= 0.3 is 18.3 Å².